The number of nitrogens with zero attached hydrogens (tertiary/aromatic N) is 3. The molecular formula is C17H33N3. The molecule has 3 aliphatic rings. The van der Waals surface area contributed by atoms with E-state index in [1.54, 1.807) is 0 Å². The van der Waals surface area contributed by atoms with Crippen molar-refractivity contribution in [1.82, 2.24) is 14.7 Å². The van der Waals surface area contributed by atoms with Crippen LogP contribution in [0.15, 0.2) is 0 Å². The van der Waals surface area contributed by atoms with Crippen LogP contribution in [-0.4, -0.2) is 71.6 Å². The molecule has 2 bridgehead atoms. The molecular weight excluding hydrogens is 246 g/mol. The first kappa shape index (κ1) is 14.8. The lowest BCUT2D eigenvalue weighted by molar-refractivity contribution is 0.0731. The first-order chi connectivity index (χ1) is 9.54. The van der Waals surface area contributed by atoms with Gasteiger partial charge in [0.2, 0.25) is 0 Å². The summed E-state index contributed by atoms with van der Waals surface area (Å²) in [4.78, 5) is 8.19. The Kier molecular flexibility index (Phi) is 4.40. The van der Waals surface area contributed by atoms with Gasteiger partial charge >= 0.3 is 0 Å². The maximum atomic E-state index is 2.82. The fourth-order valence-corrected chi connectivity index (χ4v) is 4.62. The molecule has 3 heteroatoms. The van der Waals surface area contributed by atoms with E-state index in [2.05, 4.69) is 42.4 Å². The van der Waals surface area contributed by atoms with Crippen molar-refractivity contribution in [1.29, 1.82) is 0 Å². The second-order valence-electron chi connectivity index (χ2n) is 7.86. The average Bonchev–Trinajstić information content (AvgIpc) is 2.99. The molecule has 3 heterocycles. The number of rotatable bonds is 4. The second-order valence-corrected chi connectivity index (χ2v) is 7.86. The van der Waals surface area contributed by atoms with E-state index in [0.29, 0.717) is 0 Å². The Labute approximate surface area is 125 Å². The van der Waals surface area contributed by atoms with Crippen LogP contribution in [0.2, 0.25) is 0 Å². The van der Waals surface area contributed by atoms with Crippen LogP contribution in [0.1, 0.15) is 47.0 Å². The van der Waals surface area contributed by atoms with E-state index in [4.69, 9.17) is 0 Å². The Morgan fingerprint density at radius 2 is 1.60 bits per heavy atom. The Hall–Kier alpha value is -0.120. The third kappa shape index (κ3) is 2.90. The van der Waals surface area contributed by atoms with Gasteiger partial charge < -0.3 is 4.90 Å². The van der Waals surface area contributed by atoms with Crippen LogP contribution in [0.5, 0.6) is 0 Å². The van der Waals surface area contributed by atoms with Gasteiger partial charge in [0.15, 0.2) is 0 Å². The first-order valence-electron chi connectivity index (χ1n) is 8.78. The number of fused-ring (bicyclic) bond motifs is 2. The third-order valence-electron chi connectivity index (χ3n) is 5.93. The van der Waals surface area contributed by atoms with Gasteiger partial charge in [-0.1, -0.05) is 0 Å². The Balaban J connectivity index is 1.45. The molecule has 2 atom stereocenters. The highest BCUT2D eigenvalue weighted by molar-refractivity contribution is 5.01. The summed E-state index contributed by atoms with van der Waals surface area (Å²) >= 11 is 0. The van der Waals surface area contributed by atoms with Crippen LogP contribution in [0.4, 0.5) is 0 Å². The van der Waals surface area contributed by atoms with Crippen LogP contribution in [-0.2, 0) is 0 Å². The van der Waals surface area contributed by atoms with Gasteiger partial charge in [0.05, 0.1) is 0 Å². The van der Waals surface area contributed by atoms with Crippen molar-refractivity contribution in [2.45, 2.75) is 71.1 Å². The summed E-state index contributed by atoms with van der Waals surface area (Å²) in [7, 11) is 0. The third-order valence-corrected chi connectivity index (χ3v) is 5.93. The highest BCUT2D eigenvalue weighted by atomic mass is 15.4. The van der Waals surface area contributed by atoms with Crippen molar-refractivity contribution in [3.63, 3.8) is 0 Å². The first-order valence-corrected chi connectivity index (χ1v) is 8.78. The van der Waals surface area contributed by atoms with E-state index >= 15 is 0 Å². The van der Waals surface area contributed by atoms with E-state index in [1.165, 1.54) is 52.0 Å². The molecule has 3 aliphatic heterocycles. The van der Waals surface area contributed by atoms with Crippen molar-refractivity contribution in [2.24, 2.45) is 5.92 Å². The molecule has 3 rings (SSSR count). The molecule has 0 aromatic heterocycles. The van der Waals surface area contributed by atoms with Crippen molar-refractivity contribution in [3.05, 3.63) is 0 Å². The monoisotopic (exact) mass is 279 g/mol. The summed E-state index contributed by atoms with van der Waals surface area (Å²) in [6.07, 6.45) is 4.27. The summed E-state index contributed by atoms with van der Waals surface area (Å²) in [6, 6.07) is 3.20. The smallest absolute Gasteiger partial charge is 0.0242 e. The minimum Gasteiger partial charge on any atom is -0.301 e. The Morgan fingerprint density at radius 1 is 0.900 bits per heavy atom. The molecule has 0 radical (unpaired) electrons. The van der Waals surface area contributed by atoms with E-state index in [0.717, 1.165) is 30.1 Å². The summed E-state index contributed by atoms with van der Waals surface area (Å²) in [5.41, 5.74) is 0. The zero-order valence-electron chi connectivity index (χ0n) is 13.9. The SMILES string of the molecule is CC(C)N1CCC(CN2CC3CC2CN3C(C)C)CC1. The maximum absolute atomic E-state index is 2.82. The molecule has 0 aromatic carbocycles. The minimum absolute atomic E-state index is 0.735. The molecule has 0 amide bonds. The summed E-state index contributed by atoms with van der Waals surface area (Å²) in [6.45, 7) is 16.1. The molecule has 0 saturated carbocycles. The Morgan fingerprint density at radius 3 is 2.10 bits per heavy atom. The second kappa shape index (κ2) is 5.94. The molecule has 20 heavy (non-hydrogen) atoms. The number of likely N-dealkylation sites (tertiary alicyclic amines) is 3. The van der Waals surface area contributed by atoms with Crippen LogP contribution in [0.3, 0.4) is 0 Å². The average molecular weight is 279 g/mol. The van der Waals surface area contributed by atoms with Crippen molar-refractivity contribution < 1.29 is 0 Å². The van der Waals surface area contributed by atoms with Crippen LogP contribution in [0, 0.1) is 5.92 Å². The maximum Gasteiger partial charge on any atom is 0.0242 e. The van der Waals surface area contributed by atoms with Crippen LogP contribution in [0.25, 0.3) is 0 Å². The zero-order valence-corrected chi connectivity index (χ0v) is 13.9. The van der Waals surface area contributed by atoms with E-state index in [1.807, 2.05) is 0 Å². The van der Waals surface area contributed by atoms with Gasteiger partial charge in [0, 0.05) is 43.8 Å². The molecule has 0 aliphatic carbocycles. The van der Waals surface area contributed by atoms with E-state index in [9.17, 15) is 0 Å². The van der Waals surface area contributed by atoms with Crippen molar-refractivity contribution in [3.8, 4) is 0 Å². The summed E-state index contributed by atoms with van der Waals surface area (Å²) in [5, 5.41) is 0. The highest BCUT2D eigenvalue weighted by Crippen LogP contribution is 2.33. The predicted molar refractivity (Wildman–Crippen MR) is 85.0 cm³/mol. The number of piperidine rings is 1. The molecule has 3 nitrogen and oxygen atoms in total. The number of hydrogen-bond acceptors (Lipinski definition) is 3. The van der Waals surface area contributed by atoms with Crippen LogP contribution >= 0.6 is 0 Å². The normalized spacial score (nSPS) is 33.9. The van der Waals surface area contributed by atoms with E-state index < -0.39 is 0 Å². The molecule has 3 fully saturated rings. The summed E-state index contributed by atoms with van der Waals surface area (Å²) in [5.74, 6) is 0.955. The molecule has 0 N–H and O–H groups in total. The standard InChI is InChI=1S/C17H33N3/c1-13(2)18-7-5-15(6-8-18)10-19-11-17-9-16(19)12-20(17)14(3)4/h13-17H,5-12H2,1-4H3. The molecule has 116 valence electrons. The zero-order chi connectivity index (χ0) is 14.3. The van der Waals surface area contributed by atoms with Crippen molar-refractivity contribution in [2.75, 3.05) is 32.7 Å². The molecule has 2 unspecified atom stereocenters. The topological polar surface area (TPSA) is 9.72 Å². The molecule has 0 aromatic rings. The van der Waals surface area contributed by atoms with Gasteiger partial charge in [-0.2, -0.15) is 0 Å². The van der Waals surface area contributed by atoms with Crippen molar-refractivity contribution >= 4 is 0 Å². The lowest BCUT2D eigenvalue weighted by Crippen LogP contribution is -2.50. The van der Waals surface area contributed by atoms with E-state index in [-0.39, 0.29) is 0 Å². The molecule has 3 saturated heterocycles. The Bertz CT molecular complexity index is 320. The largest absolute Gasteiger partial charge is 0.301 e. The van der Waals surface area contributed by atoms with Gasteiger partial charge in [-0.05, 0) is 66.0 Å². The lowest BCUT2D eigenvalue weighted by Gasteiger charge is -2.40. The number of hydrogen-bond donors (Lipinski definition) is 0. The van der Waals surface area contributed by atoms with Crippen LogP contribution < -0.4 is 0 Å². The van der Waals surface area contributed by atoms with Gasteiger partial charge in [0.25, 0.3) is 0 Å². The highest BCUT2D eigenvalue weighted by Gasteiger charge is 2.44. The summed E-state index contributed by atoms with van der Waals surface area (Å²) < 4.78 is 0. The van der Waals surface area contributed by atoms with Gasteiger partial charge in [-0.15, -0.1) is 0 Å². The predicted octanol–water partition coefficient (Wildman–Crippen LogP) is 2.27. The molecule has 0 spiro atoms. The van der Waals surface area contributed by atoms with Gasteiger partial charge in [-0.3, -0.25) is 9.80 Å². The fourth-order valence-electron chi connectivity index (χ4n) is 4.62. The lowest BCUT2D eigenvalue weighted by atomic mass is 9.95. The fraction of sp³-hybridized carbons (Fsp3) is 1.00. The van der Waals surface area contributed by atoms with Gasteiger partial charge in [-0.25, -0.2) is 0 Å². The van der Waals surface area contributed by atoms with Gasteiger partial charge in [0.1, 0.15) is 0 Å². The number of piperazine rings is 1. The quantitative estimate of drug-likeness (QED) is 0.782. The minimum atomic E-state index is 0.735.